The zero-order chi connectivity index (χ0) is 26.7. The average molecular weight is 525 g/mol. The molecule has 1 aromatic carbocycles. The Morgan fingerprint density at radius 3 is 2.74 bits per heavy atom. The summed E-state index contributed by atoms with van der Waals surface area (Å²) in [6.45, 7) is 6.25. The Bertz CT molecular complexity index is 1500. The fraction of sp³-hybridized carbons (Fsp3) is 0.310. The van der Waals surface area contributed by atoms with Crippen molar-refractivity contribution in [3.05, 3.63) is 78.5 Å². The molecule has 10 heteroatoms. The van der Waals surface area contributed by atoms with Gasteiger partial charge in [0.25, 0.3) is 0 Å². The first-order valence-corrected chi connectivity index (χ1v) is 13.0. The summed E-state index contributed by atoms with van der Waals surface area (Å²) in [7, 11) is 1.73. The van der Waals surface area contributed by atoms with Gasteiger partial charge < -0.3 is 20.5 Å². The second-order valence-corrected chi connectivity index (χ2v) is 10.1. The van der Waals surface area contributed by atoms with Gasteiger partial charge in [-0.3, -0.25) is 14.3 Å². The minimum atomic E-state index is 0.434. The summed E-state index contributed by atoms with van der Waals surface area (Å²) in [5, 5.41) is 3.39. The molecule has 0 aliphatic carbocycles. The quantitative estimate of drug-likeness (QED) is 0.304. The number of nitrogens with zero attached hydrogens (tertiary/aromatic N) is 6. The molecule has 6 rings (SSSR count). The SMILES string of the molecule is CN=C/C(=C\N)c1ccc(CNc2cc(-c3cnc4cc(OCCN5CC6(COC6)C5)ccn34)ncn2)cc1. The van der Waals surface area contributed by atoms with E-state index in [1.165, 1.54) is 0 Å². The molecule has 4 aromatic rings. The smallest absolute Gasteiger partial charge is 0.140 e. The molecule has 0 atom stereocenters. The molecule has 39 heavy (non-hydrogen) atoms. The van der Waals surface area contributed by atoms with Crippen LogP contribution in [0.5, 0.6) is 5.75 Å². The van der Waals surface area contributed by atoms with Crippen molar-refractivity contribution in [2.45, 2.75) is 6.54 Å². The molecule has 3 N–H and O–H groups in total. The lowest BCUT2D eigenvalue weighted by molar-refractivity contribution is -0.189. The van der Waals surface area contributed by atoms with E-state index in [0.29, 0.717) is 18.6 Å². The van der Waals surface area contributed by atoms with Crippen molar-refractivity contribution < 1.29 is 9.47 Å². The van der Waals surface area contributed by atoms with Crippen molar-refractivity contribution >= 4 is 23.3 Å². The van der Waals surface area contributed by atoms with Gasteiger partial charge in [-0.25, -0.2) is 15.0 Å². The van der Waals surface area contributed by atoms with Crippen LogP contribution >= 0.6 is 0 Å². The molecule has 2 saturated heterocycles. The van der Waals surface area contributed by atoms with Gasteiger partial charge >= 0.3 is 0 Å². The number of ether oxygens (including phenoxy) is 2. The number of pyridine rings is 1. The minimum absolute atomic E-state index is 0.434. The van der Waals surface area contributed by atoms with Crippen LogP contribution in [-0.2, 0) is 11.3 Å². The number of hydrogen-bond donors (Lipinski definition) is 2. The Labute approximate surface area is 227 Å². The summed E-state index contributed by atoms with van der Waals surface area (Å²) in [5.41, 5.74) is 11.7. The third-order valence-corrected chi connectivity index (χ3v) is 7.23. The van der Waals surface area contributed by atoms with Crippen LogP contribution < -0.4 is 15.8 Å². The summed E-state index contributed by atoms with van der Waals surface area (Å²) in [5.74, 6) is 1.55. The zero-order valence-corrected chi connectivity index (χ0v) is 22.0. The van der Waals surface area contributed by atoms with Gasteiger partial charge in [0.05, 0.1) is 30.8 Å². The maximum absolute atomic E-state index is 6.01. The van der Waals surface area contributed by atoms with Crippen molar-refractivity contribution in [3.63, 3.8) is 0 Å². The summed E-state index contributed by atoms with van der Waals surface area (Å²) < 4.78 is 13.4. The number of benzene rings is 1. The van der Waals surface area contributed by atoms with E-state index < -0.39 is 0 Å². The number of aromatic nitrogens is 4. The second kappa shape index (κ2) is 10.8. The molecule has 3 aromatic heterocycles. The predicted molar refractivity (Wildman–Crippen MR) is 152 cm³/mol. The number of allylic oxidation sites excluding steroid dienone is 1. The summed E-state index contributed by atoms with van der Waals surface area (Å²) in [6, 6.07) is 14.0. The molecule has 2 aliphatic rings. The number of rotatable bonds is 10. The Hall–Kier alpha value is -4.28. The van der Waals surface area contributed by atoms with Crippen LogP contribution in [0.3, 0.4) is 0 Å². The topological polar surface area (TPSA) is 115 Å². The van der Waals surface area contributed by atoms with E-state index in [-0.39, 0.29) is 0 Å². The van der Waals surface area contributed by atoms with Gasteiger partial charge in [-0.1, -0.05) is 24.3 Å². The summed E-state index contributed by atoms with van der Waals surface area (Å²) >= 11 is 0. The van der Waals surface area contributed by atoms with Crippen molar-refractivity contribution in [1.29, 1.82) is 0 Å². The van der Waals surface area contributed by atoms with Gasteiger partial charge in [-0.15, -0.1) is 0 Å². The number of hydrogen-bond acceptors (Lipinski definition) is 9. The Balaban J connectivity index is 1.06. The van der Waals surface area contributed by atoms with E-state index in [4.69, 9.17) is 15.2 Å². The van der Waals surface area contributed by atoms with Gasteiger partial charge in [-0.05, 0) is 17.2 Å². The molecule has 0 radical (unpaired) electrons. The van der Waals surface area contributed by atoms with Crippen LogP contribution in [0.15, 0.2) is 72.4 Å². The minimum Gasteiger partial charge on any atom is -0.492 e. The third kappa shape index (κ3) is 5.34. The molecule has 0 bridgehead atoms. The van der Waals surface area contributed by atoms with Crippen molar-refractivity contribution in [3.8, 4) is 17.1 Å². The number of fused-ring (bicyclic) bond motifs is 1. The molecule has 200 valence electrons. The lowest BCUT2D eigenvalue weighted by Gasteiger charge is -2.55. The summed E-state index contributed by atoms with van der Waals surface area (Å²) in [6.07, 6.45) is 8.67. The molecule has 0 unspecified atom stereocenters. The zero-order valence-electron chi connectivity index (χ0n) is 22.0. The molecule has 2 aliphatic heterocycles. The molecule has 0 amide bonds. The number of likely N-dealkylation sites (tertiary alicyclic amines) is 1. The average Bonchev–Trinajstić information content (AvgIpc) is 3.35. The number of imidazole rings is 1. The van der Waals surface area contributed by atoms with E-state index >= 15 is 0 Å². The van der Waals surface area contributed by atoms with Crippen LogP contribution in [0.2, 0.25) is 0 Å². The first-order valence-electron chi connectivity index (χ1n) is 13.0. The van der Waals surface area contributed by atoms with Gasteiger partial charge in [-0.2, -0.15) is 0 Å². The fourth-order valence-electron chi connectivity index (χ4n) is 5.12. The number of anilines is 1. The van der Waals surface area contributed by atoms with E-state index in [2.05, 4.69) is 42.3 Å². The number of nitrogens with two attached hydrogens (primary N) is 1. The maximum atomic E-state index is 6.01. The highest BCUT2D eigenvalue weighted by Gasteiger charge is 2.48. The van der Waals surface area contributed by atoms with E-state index in [0.717, 1.165) is 78.2 Å². The number of aliphatic imine (C=N–C) groups is 1. The van der Waals surface area contributed by atoms with Gasteiger partial charge in [0, 0.05) is 75.0 Å². The maximum Gasteiger partial charge on any atom is 0.140 e. The van der Waals surface area contributed by atoms with Crippen LogP contribution in [0.4, 0.5) is 5.82 Å². The van der Waals surface area contributed by atoms with Crippen molar-refractivity contribution in [2.24, 2.45) is 16.1 Å². The molecule has 2 fully saturated rings. The van der Waals surface area contributed by atoms with E-state index in [9.17, 15) is 0 Å². The lowest BCUT2D eigenvalue weighted by atomic mass is 9.78. The molecular weight excluding hydrogens is 492 g/mol. The van der Waals surface area contributed by atoms with Crippen molar-refractivity contribution in [1.82, 2.24) is 24.3 Å². The highest BCUT2D eigenvalue weighted by Crippen LogP contribution is 2.37. The Kier molecular flexibility index (Phi) is 6.95. The molecule has 0 saturated carbocycles. The van der Waals surface area contributed by atoms with Gasteiger partial charge in [0.2, 0.25) is 0 Å². The van der Waals surface area contributed by atoms with Gasteiger partial charge in [0.1, 0.15) is 30.1 Å². The summed E-state index contributed by atoms with van der Waals surface area (Å²) in [4.78, 5) is 19.9. The van der Waals surface area contributed by atoms with Crippen LogP contribution in [-0.4, -0.2) is 77.0 Å². The van der Waals surface area contributed by atoms with E-state index in [1.807, 2.05) is 47.1 Å². The Morgan fingerprint density at radius 1 is 1.15 bits per heavy atom. The third-order valence-electron chi connectivity index (χ3n) is 7.23. The molecule has 5 heterocycles. The first-order chi connectivity index (χ1) is 19.1. The Morgan fingerprint density at radius 2 is 2.00 bits per heavy atom. The fourth-order valence-corrected chi connectivity index (χ4v) is 5.12. The van der Waals surface area contributed by atoms with Gasteiger partial charge in [0.15, 0.2) is 0 Å². The van der Waals surface area contributed by atoms with E-state index in [1.54, 1.807) is 25.8 Å². The standard InChI is InChI=1S/C29H32N8O2/c1-31-14-23(12-30)22-4-2-21(3-5-22)13-32-27-11-25(34-20-35-27)26-15-33-28-10-24(6-7-37(26)28)39-9-8-36-16-29(17-36)18-38-19-29/h2-7,10-12,14-15,20H,8-9,13,16-19,30H2,1H3,(H,32,34,35)/b23-12+,31-14?. The molecular formula is C29H32N8O2. The highest BCUT2D eigenvalue weighted by atomic mass is 16.5. The van der Waals surface area contributed by atoms with Crippen LogP contribution in [0.1, 0.15) is 11.1 Å². The lowest BCUT2D eigenvalue weighted by Crippen LogP contribution is -2.66. The number of nitrogens with one attached hydrogen (secondary N) is 1. The van der Waals surface area contributed by atoms with Crippen LogP contribution in [0.25, 0.3) is 22.6 Å². The predicted octanol–water partition coefficient (Wildman–Crippen LogP) is 3.11. The monoisotopic (exact) mass is 524 g/mol. The normalized spacial score (nSPS) is 16.9. The van der Waals surface area contributed by atoms with Crippen LogP contribution in [0, 0.1) is 5.41 Å². The second-order valence-electron chi connectivity index (χ2n) is 10.1. The molecule has 1 spiro atoms. The highest BCUT2D eigenvalue weighted by molar-refractivity contribution is 6.09. The largest absolute Gasteiger partial charge is 0.492 e. The van der Waals surface area contributed by atoms with Crippen molar-refractivity contribution in [2.75, 3.05) is 51.8 Å². The molecule has 10 nitrogen and oxygen atoms in total. The first kappa shape index (κ1) is 25.0.